The molecule has 14 heavy (non-hydrogen) atoms. The summed E-state index contributed by atoms with van der Waals surface area (Å²) in [5.41, 5.74) is 6.27. The largest absolute Gasteiger partial charge is 0.381 e. The maximum atomic E-state index is 13.7. The lowest BCUT2D eigenvalue weighted by Crippen LogP contribution is -2.08. The topological polar surface area (TPSA) is 43.8 Å². The first-order valence-corrected chi connectivity index (χ1v) is 5.13. The highest BCUT2D eigenvalue weighted by Gasteiger charge is 2.60. The first-order valence-electron chi connectivity index (χ1n) is 5.13. The first kappa shape index (κ1) is 8.26. The summed E-state index contributed by atoms with van der Waals surface area (Å²) in [6.45, 7) is 0. The van der Waals surface area contributed by atoms with Gasteiger partial charge in [0.2, 0.25) is 0 Å². The maximum absolute atomic E-state index is 13.7. The lowest BCUT2D eigenvalue weighted by molar-refractivity contribution is 0.551. The van der Waals surface area contributed by atoms with Gasteiger partial charge in [-0.15, -0.1) is 0 Å². The van der Waals surface area contributed by atoms with Gasteiger partial charge in [0.1, 0.15) is 5.69 Å². The Kier molecular flexibility index (Phi) is 1.36. The highest BCUT2D eigenvalue weighted by Crippen LogP contribution is 2.64. The Balaban J connectivity index is 2.09. The predicted octanol–water partition coefficient (Wildman–Crippen LogP) is 1.58. The second-order valence-corrected chi connectivity index (χ2v) is 4.62. The zero-order valence-corrected chi connectivity index (χ0v) is 8.26. The third-order valence-electron chi connectivity index (χ3n) is 3.91. The van der Waals surface area contributed by atoms with Gasteiger partial charge in [0.15, 0.2) is 11.6 Å². The Morgan fingerprint density at radius 1 is 1.64 bits per heavy atom. The van der Waals surface area contributed by atoms with Crippen LogP contribution in [0.1, 0.15) is 31.4 Å². The number of aromatic nitrogens is 2. The van der Waals surface area contributed by atoms with Crippen LogP contribution >= 0.6 is 0 Å². The highest BCUT2D eigenvalue weighted by molar-refractivity contribution is 5.41. The van der Waals surface area contributed by atoms with E-state index in [4.69, 9.17) is 5.73 Å². The molecule has 4 heteroatoms. The van der Waals surface area contributed by atoms with Gasteiger partial charge in [-0.3, -0.25) is 4.68 Å². The quantitative estimate of drug-likeness (QED) is 0.739. The van der Waals surface area contributed by atoms with Crippen LogP contribution in [0.5, 0.6) is 0 Å². The SMILES string of the molecule is Cn1nc(C23CCCC2C3)c(F)c1N. The molecule has 0 saturated heterocycles. The molecule has 2 N–H and O–H groups in total. The first-order chi connectivity index (χ1) is 6.65. The van der Waals surface area contributed by atoms with E-state index in [0.29, 0.717) is 11.6 Å². The molecule has 0 bridgehead atoms. The summed E-state index contributed by atoms with van der Waals surface area (Å²) >= 11 is 0. The van der Waals surface area contributed by atoms with Gasteiger partial charge in [-0.1, -0.05) is 6.42 Å². The van der Waals surface area contributed by atoms with E-state index in [1.165, 1.54) is 17.5 Å². The predicted molar refractivity (Wildman–Crippen MR) is 51.2 cm³/mol. The Hall–Kier alpha value is -1.06. The van der Waals surface area contributed by atoms with Gasteiger partial charge >= 0.3 is 0 Å². The second kappa shape index (κ2) is 2.30. The zero-order valence-electron chi connectivity index (χ0n) is 8.26. The summed E-state index contributed by atoms with van der Waals surface area (Å²) in [7, 11) is 1.70. The van der Waals surface area contributed by atoms with Crippen molar-refractivity contribution < 1.29 is 4.39 Å². The van der Waals surface area contributed by atoms with Gasteiger partial charge in [-0.05, 0) is 25.2 Å². The number of aryl methyl sites for hydroxylation is 1. The Morgan fingerprint density at radius 3 is 2.86 bits per heavy atom. The van der Waals surface area contributed by atoms with Crippen LogP contribution in [0.2, 0.25) is 0 Å². The maximum Gasteiger partial charge on any atom is 0.188 e. The van der Waals surface area contributed by atoms with E-state index >= 15 is 0 Å². The van der Waals surface area contributed by atoms with Crippen molar-refractivity contribution in [2.75, 3.05) is 5.73 Å². The fraction of sp³-hybridized carbons (Fsp3) is 0.700. The number of nitrogen functional groups attached to an aromatic ring is 1. The zero-order chi connectivity index (χ0) is 9.92. The normalized spacial score (nSPS) is 34.6. The van der Waals surface area contributed by atoms with Crippen LogP contribution in [0.25, 0.3) is 0 Å². The van der Waals surface area contributed by atoms with E-state index in [9.17, 15) is 4.39 Å². The van der Waals surface area contributed by atoms with Crippen LogP contribution in [-0.2, 0) is 12.5 Å². The summed E-state index contributed by atoms with van der Waals surface area (Å²) in [5.74, 6) is 0.565. The molecular weight excluding hydrogens is 181 g/mol. The lowest BCUT2D eigenvalue weighted by atomic mass is 9.99. The summed E-state index contributed by atoms with van der Waals surface area (Å²) < 4.78 is 15.2. The molecule has 0 radical (unpaired) electrons. The number of rotatable bonds is 1. The minimum absolute atomic E-state index is 0.0689. The van der Waals surface area contributed by atoms with E-state index in [1.54, 1.807) is 7.05 Å². The standard InChI is InChI=1S/C10H14FN3/c1-14-9(12)7(11)8(13-14)10-4-2-3-6(10)5-10/h6H,2-5,12H2,1H3. The van der Waals surface area contributed by atoms with E-state index in [-0.39, 0.29) is 17.1 Å². The van der Waals surface area contributed by atoms with Crippen molar-refractivity contribution in [2.24, 2.45) is 13.0 Å². The van der Waals surface area contributed by atoms with Gasteiger partial charge in [-0.25, -0.2) is 4.39 Å². The van der Waals surface area contributed by atoms with Crippen molar-refractivity contribution in [3.8, 4) is 0 Å². The fourth-order valence-corrected chi connectivity index (χ4v) is 2.97. The second-order valence-electron chi connectivity index (χ2n) is 4.62. The van der Waals surface area contributed by atoms with Crippen molar-refractivity contribution in [3.05, 3.63) is 11.5 Å². The number of fused-ring (bicyclic) bond motifs is 1. The molecule has 2 aliphatic carbocycles. The molecule has 0 aliphatic heterocycles. The minimum Gasteiger partial charge on any atom is -0.381 e. The van der Waals surface area contributed by atoms with E-state index < -0.39 is 0 Å². The van der Waals surface area contributed by atoms with E-state index in [1.807, 2.05) is 0 Å². The molecule has 2 fully saturated rings. The Bertz CT molecular complexity index is 398. The molecule has 3 nitrogen and oxygen atoms in total. The molecule has 1 aromatic rings. The monoisotopic (exact) mass is 195 g/mol. The van der Waals surface area contributed by atoms with Gasteiger partial charge in [0.25, 0.3) is 0 Å². The number of anilines is 1. The van der Waals surface area contributed by atoms with Gasteiger partial charge in [0, 0.05) is 12.5 Å². The Labute approximate surface area is 82.1 Å². The van der Waals surface area contributed by atoms with Gasteiger partial charge in [-0.2, -0.15) is 5.10 Å². The van der Waals surface area contributed by atoms with Crippen molar-refractivity contribution in [3.63, 3.8) is 0 Å². The number of halogens is 1. The molecule has 1 heterocycles. The van der Waals surface area contributed by atoms with E-state index in [2.05, 4.69) is 5.10 Å². The summed E-state index contributed by atoms with van der Waals surface area (Å²) in [6.07, 6.45) is 4.64. The molecule has 2 aliphatic rings. The van der Waals surface area contributed by atoms with E-state index in [0.717, 1.165) is 12.8 Å². The van der Waals surface area contributed by atoms with Crippen molar-refractivity contribution in [2.45, 2.75) is 31.1 Å². The summed E-state index contributed by atoms with van der Waals surface area (Å²) in [6, 6.07) is 0. The molecule has 3 rings (SSSR count). The molecule has 0 aromatic carbocycles. The smallest absolute Gasteiger partial charge is 0.188 e. The molecular formula is C10H14FN3. The molecule has 2 atom stereocenters. The molecule has 0 spiro atoms. The molecule has 1 aromatic heterocycles. The van der Waals surface area contributed by atoms with Crippen molar-refractivity contribution >= 4 is 5.82 Å². The van der Waals surface area contributed by atoms with Crippen LogP contribution in [0, 0.1) is 11.7 Å². The third kappa shape index (κ3) is 0.792. The van der Waals surface area contributed by atoms with Crippen LogP contribution in [-0.4, -0.2) is 9.78 Å². The molecule has 0 amide bonds. The number of hydrogen-bond acceptors (Lipinski definition) is 2. The number of hydrogen-bond donors (Lipinski definition) is 1. The van der Waals surface area contributed by atoms with Crippen molar-refractivity contribution in [1.29, 1.82) is 0 Å². The van der Waals surface area contributed by atoms with Crippen LogP contribution in [0.4, 0.5) is 10.2 Å². The van der Waals surface area contributed by atoms with Crippen LogP contribution < -0.4 is 5.73 Å². The molecule has 2 saturated carbocycles. The van der Waals surface area contributed by atoms with Crippen molar-refractivity contribution in [1.82, 2.24) is 9.78 Å². The molecule has 2 unspecified atom stereocenters. The number of nitrogens with zero attached hydrogens (tertiary/aromatic N) is 2. The minimum atomic E-state index is -0.281. The summed E-state index contributed by atoms with van der Waals surface area (Å²) in [5, 5.41) is 4.22. The van der Waals surface area contributed by atoms with Gasteiger partial charge < -0.3 is 5.73 Å². The Morgan fingerprint density at radius 2 is 2.43 bits per heavy atom. The van der Waals surface area contributed by atoms with Gasteiger partial charge in [0.05, 0.1) is 0 Å². The highest BCUT2D eigenvalue weighted by atomic mass is 19.1. The van der Waals surface area contributed by atoms with Crippen LogP contribution in [0.3, 0.4) is 0 Å². The average molecular weight is 195 g/mol. The third-order valence-corrected chi connectivity index (χ3v) is 3.91. The lowest BCUT2D eigenvalue weighted by Gasteiger charge is -2.07. The fourth-order valence-electron chi connectivity index (χ4n) is 2.97. The average Bonchev–Trinajstić information content (AvgIpc) is 2.64. The van der Waals surface area contributed by atoms with Crippen LogP contribution in [0.15, 0.2) is 0 Å². The summed E-state index contributed by atoms with van der Waals surface area (Å²) in [4.78, 5) is 0. The molecule has 76 valence electrons. The number of nitrogens with two attached hydrogens (primary N) is 1.